The van der Waals surface area contributed by atoms with Crippen LogP contribution in [0.1, 0.15) is 22.0 Å². The number of nitrogens with one attached hydrogen (secondary N) is 2. The first-order valence-corrected chi connectivity index (χ1v) is 11.0. The number of quaternary nitrogens is 1. The van der Waals surface area contributed by atoms with E-state index in [9.17, 15) is 13.2 Å². The zero-order chi connectivity index (χ0) is 20.9. The molecule has 1 aromatic heterocycles. The maximum absolute atomic E-state index is 12.7. The lowest BCUT2D eigenvalue weighted by molar-refractivity contribution is -0.937. The molecular weight excluding hydrogens is 392 g/mol. The minimum atomic E-state index is -3.60. The van der Waals surface area contributed by atoms with Crippen molar-refractivity contribution in [2.45, 2.75) is 10.9 Å². The van der Waals surface area contributed by atoms with E-state index < -0.39 is 10.0 Å². The van der Waals surface area contributed by atoms with Crippen molar-refractivity contribution in [1.82, 2.24) is 14.6 Å². The third-order valence-electron chi connectivity index (χ3n) is 5.06. The van der Waals surface area contributed by atoms with Crippen LogP contribution in [0.25, 0.3) is 0 Å². The number of hydrogen-bond acceptors (Lipinski definition) is 5. The summed E-state index contributed by atoms with van der Waals surface area (Å²) in [5.41, 5.74) is 1.36. The molecule has 9 heteroatoms. The van der Waals surface area contributed by atoms with E-state index in [1.807, 2.05) is 18.3 Å². The van der Waals surface area contributed by atoms with Crippen LogP contribution in [0.5, 0.6) is 0 Å². The molecule has 0 bridgehead atoms. The molecule has 1 aromatic carbocycles. The molecule has 3 rings (SSSR count). The molecule has 29 heavy (non-hydrogen) atoms. The molecule has 0 saturated carbocycles. The number of benzene rings is 1. The van der Waals surface area contributed by atoms with Crippen molar-refractivity contribution in [2.24, 2.45) is 0 Å². The normalized spacial score (nSPS) is 16.5. The number of pyridine rings is 1. The van der Waals surface area contributed by atoms with Gasteiger partial charge in [0, 0.05) is 37.6 Å². The van der Waals surface area contributed by atoms with Crippen molar-refractivity contribution in [3.8, 4) is 0 Å². The van der Waals surface area contributed by atoms with Gasteiger partial charge in [-0.15, -0.1) is 0 Å². The van der Waals surface area contributed by atoms with Crippen LogP contribution in [0, 0.1) is 0 Å². The molecule has 8 nitrogen and oxygen atoms in total. The predicted molar refractivity (Wildman–Crippen MR) is 108 cm³/mol. The molecule has 0 spiro atoms. The Kier molecular flexibility index (Phi) is 6.96. The van der Waals surface area contributed by atoms with Gasteiger partial charge in [0.15, 0.2) is 0 Å². The van der Waals surface area contributed by atoms with Crippen LogP contribution in [0.2, 0.25) is 0 Å². The zero-order valence-electron chi connectivity index (χ0n) is 16.7. The standard InChI is InChI=1S/C20H26N4O4S/c1-23(2)29(26,27)18-7-3-5-16(13-18)20(25)22-15-19(17-6-4-8-21-14-17)24-9-11-28-12-10-24/h3-8,13-14,19H,9-12,15H2,1-2H3,(H,22,25)/p+1/t19-/m1/s1. The van der Waals surface area contributed by atoms with E-state index in [1.165, 1.54) is 31.1 Å². The summed E-state index contributed by atoms with van der Waals surface area (Å²) < 4.78 is 31.3. The predicted octanol–water partition coefficient (Wildman–Crippen LogP) is -0.282. The average Bonchev–Trinajstić information content (AvgIpc) is 2.75. The number of ether oxygens (including phenoxy) is 1. The number of hydrogen-bond donors (Lipinski definition) is 2. The summed E-state index contributed by atoms with van der Waals surface area (Å²) >= 11 is 0. The number of morpholine rings is 1. The van der Waals surface area contributed by atoms with Gasteiger partial charge in [0.2, 0.25) is 10.0 Å². The van der Waals surface area contributed by atoms with Gasteiger partial charge in [-0.2, -0.15) is 0 Å². The first-order valence-electron chi connectivity index (χ1n) is 9.52. The van der Waals surface area contributed by atoms with Crippen LogP contribution in [0.15, 0.2) is 53.7 Å². The highest BCUT2D eigenvalue weighted by Gasteiger charge is 2.27. The Labute approximate surface area is 171 Å². The lowest BCUT2D eigenvalue weighted by Gasteiger charge is -2.31. The van der Waals surface area contributed by atoms with Gasteiger partial charge in [-0.1, -0.05) is 6.07 Å². The SMILES string of the molecule is CN(C)S(=O)(=O)c1cccc(C(=O)NC[C@H](c2cccnc2)[NH+]2CCOCC2)c1. The molecular formula is C20H27N4O4S+. The van der Waals surface area contributed by atoms with Crippen molar-refractivity contribution in [3.05, 3.63) is 59.9 Å². The van der Waals surface area contributed by atoms with E-state index in [0.29, 0.717) is 25.3 Å². The molecule has 156 valence electrons. The van der Waals surface area contributed by atoms with Crippen LogP contribution in [0.3, 0.4) is 0 Å². The summed E-state index contributed by atoms with van der Waals surface area (Å²) in [5, 5.41) is 2.97. The Hall–Kier alpha value is -2.33. The molecule has 1 amide bonds. The molecule has 1 aliphatic heterocycles. The zero-order valence-corrected chi connectivity index (χ0v) is 17.5. The van der Waals surface area contributed by atoms with Gasteiger partial charge in [0.05, 0.1) is 24.7 Å². The van der Waals surface area contributed by atoms with Crippen LogP contribution >= 0.6 is 0 Å². The van der Waals surface area contributed by atoms with E-state index >= 15 is 0 Å². The van der Waals surface area contributed by atoms with Crippen molar-refractivity contribution in [1.29, 1.82) is 0 Å². The maximum Gasteiger partial charge on any atom is 0.251 e. The second-order valence-corrected chi connectivity index (χ2v) is 9.29. The third kappa shape index (κ3) is 5.18. The summed E-state index contributed by atoms with van der Waals surface area (Å²) in [6, 6.07) is 10.0. The quantitative estimate of drug-likeness (QED) is 0.644. The fraction of sp³-hybridized carbons (Fsp3) is 0.400. The first kappa shape index (κ1) is 21.4. The first-order chi connectivity index (χ1) is 13.9. The molecule has 0 radical (unpaired) electrons. The van der Waals surface area contributed by atoms with E-state index in [4.69, 9.17) is 4.74 Å². The van der Waals surface area contributed by atoms with Gasteiger partial charge in [-0.3, -0.25) is 9.78 Å². The monoisotopic (exact) mass is 419 g/mol. The van der Waals surface area contributed by atoms with Crippen molar-refractivity contribution >= 4 is 15.9 Å². The number of rotatable bonds is 7. The van der Waals surface area contributed by atoms with E-state index in [0.717, 1.165) is 23.0 Å². The summed E-state index contributed by atoms with van der Waals surface area (Å²) in [6.07, 6.45) is 3.55. The van der Waals surface area contributed by atoms with E-state index in [-0.39, 0.29) is 16.8 Å². The maximum atomic E-state index is 12.7. The summed E-state index contributed by atoms with van der Waals surface area (Å²) in [7, 11) is -0.669. The van der Waals surface area contributed by atoms with Gasteiger partial charge in [-0.05, 0) is 30.3 Å². The fourth-order valence-electron chi connectivity index (χ4n) is 3.37. The smallest absolute Gasteiger partial charge is 0.251 e. The average molecular weight is 420 g/mol. The topological polar surface area (TPSA) is 93.0 Å². The number of carbonyl (C=O) groups is 1. The summed E-state index contributed by atoms with van der Waals surface area (Å²) in [6.45, 7) is 3.50. The number of amides is 1. The highest BCUT2D eigenvalue weighted by Crippen LogP contribution is 2.15. The molecule has 1 saturated heterocycles. The minimum absolute atomic E-state index is 0.0465. The van der Waals surface area contributed by atoms with Crippen LogP contribution in [-0.4, -0.2) is 70.6 Å². The number of nitrogens with zero attached hydrogens (tertiary/aromatic N) is 2. The molecule has 1 aliphatic rings. The Morgan fingerprint density at radius 2 is 2.00 bits per heavy atom. The Bertz CT molecular complexity index is 929. The third-order valence-corrected chi connectivity index (χ3v) is 6.87. The highest BCUT2D eigenvalue weighted by molar-refractivity contribution is 7.89. The number of carbonyl (C=O) groups excluding carboxylic acids is 1. The van der Waals surface area contributed by atoms with Gasteiger partial charge in [-0.25, -0.2) is 12.7 Å². The highest BCUT2D eigenvalue weighted by atomic mass is 32.2. The van der Waals surface area contributed by atoms with Gasteiger partial charge in [0.25, 0.3) is 5.91 Å². The lowest BCUT2D eigenvalue weighted by Crippen LogP contribution is -3.15. The minimum Gasteiger partial charge on any atom is -0.370 e. The lowest BCUT2D eigenvalue weighted by atomic mass is 10.1. The van der Waals surface area contributed by atoms with Gasteiger partial charge < -0.3 is 15.0 Å². The van der Waals surface area contributed by atoms with Crippen LogP contribution in [-0.2, 0) is 14.8 Å². The Balaban J connectivity index is 1.75. The second kappa shape index (κ2) is 9.45. The summed E-state index contributed by atoms with van der Waals surface area (Å²) in [5.74, 6) is -0.303. The van der Waals surface area contributed by atoms with Gasteiger partial charge >= 0.3 is 0 Å². The van der Waals surface area contributed by atoms with Crippen molar-refractivity contribution in [3.63, 3.8) is 0 Å². The molecule has 2 heterocycles. The largest absolute Gasteiger partial charge is 0.370 e. The second-order valence-electron chi connectivity index (χ2n) is 7.13. The molecule has 2 N–H and O–H groups in total. The Morgan fingerprint density at radius 1 is 1.24 bits per heavy atom. The van der Waals surface area contributed by atoms with E-state index in [2.05, 4.69) is 10.3 Å². The summed E-state index contributed by atoms with van der Waals surface area (Å²) in [4.78, 5) is 18.4. The molecule has 0 unspecified atom stereocenters. The molecule has 2 aromatic rings. The number of aromatic nitrogens is 1. The van der Waals surface area contributed by atoms with Crippen LogP contribution in [0.4, 0.5) is 0 Å². The fourth-order valence-corrected chi connectivity index (χ4v) is 4.32. The van der Waals surface area contributed by atoms with Crippen LogP contribution < -0.4 is 10.2 Å². The van der Waals surface area contributed by atoms with Crippen molar-refractivity contribution < 1.29 is 22.8 Å². The molecule has 0 aliphatic carbocycles. The Morgan fingerprint density at radius 3 is 2.66 bits per heavy atom. The molecule has 1 fully saturated rings. The number of sulfonamides is 1. The van der Waals surface area contributed by atoms with Gasteiger partial charge in [0.1, 0.15) is 19.1 Å². The van der Waals surface area contributed by atoms with E-state index in [1.54, 1.807) is 18.3 Å². The molecule has 1 atom stereocenters. The van der Waals surface area contributed by atoms with Crippen molar-refractivity contribution in [2.75, 3.05) is 46.9 Å².